The summed E-state index contributed by atoms with van der Waals surface area (Å²) in [6.07, 6.45) is -5.55. The van der Waals surface area contributed by atoms with Gasteiger partial charge in [0.2, 0.25) is 15.9 Å². The van der Waals surface area contributed by atoms with Gasteiger partial charge in [-0.15, -0.1) is 0 Å². The molecule has 1 heterocycles. The zero-order chi connectivity index (χ0) is 34.9. The number of rotatable bonds is 9. The van der Waals surface area contributed by atoms with Gasteiger partial charge in [-0.1, -0.05) is 18.5 Å². The highest BCUT2D eigenvalue weighted by molar-refractivity contribution is 7.89. The predicted octanol–water partition coefficient (Wildman–Crippen LogP) is 5.74. The molecule has 0 aromatic heterocycles. The van der Waals surface area contributed by atoms with Crippen LogP contribution in [0.2, 0.25) is 5.02 Å². The number of likely N-dealkylation sites (N-methyl/N-ethyl adjacent to an activating group) is 1. The lowest BCUT2D eigenvalue weighted by atomic mass is 10.0. The number of hydrogen-bond donors (Lipinski definition) is 2. The molecule has 47 heavy (non-hydrogen) atoms. The summed E-state index contributed by atoms with van der Waals surface area (Å²) in [6.45, 7) is 5.28. The number of nitrogens with zero attached hydrogens (tertiary/aromatic N) is 2. The Morgan fingerprint density at radius 1 is 1.17 bits per heavy atom. The summed E-state index contributed by atoms with van der Waals surface area (Å²) in [7, 11) is -2.45. The largest absolute Gasteiger partial charge is 0.490 e. The van der Waals surface area contributed by atoms with Crippen molar-refractivity contribution in [2.45, 2.75) is 82.2 Å². The van der Waals surface area contributed by atoms with Crippen LogP contribution in [0, 0.1) is 5.92 Å². The second kappa shape index (κ2) is 17.0. The van der Waals surface area contributed by atoms with Crippen LogP contribution < -0.4 is 10.1 Å². The van der Waals surface area contributed by atoms with Crippen molar-refractivity contribution in [2.75, 3.05) is 38.7 Å². The fraction of sp³-hybridized carbons (Fsp3) is 0.562. The average molecular weight is 706 g/mol. The number of anilines is 1. The Balaban J connectivity index is 1.94. The van der Waals surface area contributed by atoms with Crippen molar-refractivity contribution in [3.8, 4) is 5.75 Å². The first-order valence-corrected chi connectivity index (χ1v) is 17.3. The van der Waals surface area contributed by atoms with Crippen molar-refractivity contribution in [2.24, 2.45) is 5.92 Å². The third kappa shape index (κ3) is 11.3. The van der Waals surface area contributed by atoms with E-state index in [1.807, 2.05) is 13.8 Å². The molecule has 15 heteroatoms. The minimum Gasteiger partial charge on any atom is -0.490 e. The van der Waals surface area contributed by atoms with Gasteiger partial charge in [0.05, 0.1) is 41.7 Å². The van der Waals surface area contributed by atoms with Gasteiger partial charge in [-0.2, -0.15) is 17.5 Å². The number of halogens is 4. The van der Waals surface area contributed by atoms with Gasteiger partial charge in [-0.05, 0) is 75.6 Å². The molecular formula is C32H43ClF3N3O7S. The van der Waals surface area contributed by atoms with Gasteiger partial charge in [0.25, 0.3) is 5.91 Å². The molecule has 2 aromatic rings. The smallest absolute Gasteiger partial charge is 0.389 e. The van der Waals surface area contributed by atoms with E-state index in [0.717, 1.165) is 0 Å². The number of aliphatic hydroxyl groups is 1. The molecule has 0 saturated heterocycles. The second-order valence-electron chi connectivity index (χ2n) is 11.9. The van der Waals surface area contributed by atoms with Crippen LogP contribution in [0.1, 0.15) is 63.2 Å². The van der Waals surface area contributed by atoms with Gasteiger partial charge in [-0.3, -0.25) is 9.59 Å². The molecule has 0 saturated carbocycles. The van der Waals surface area contributed by atoms with Crippen molar-refractivity contribution in [3.05, 3.63) is 53.1 Å². The van der Waals surface area contributed by atoms with Crippen molar-refractivity contribution in [3.63, 3.8) is 0 Å². The number of aliphatic hydroxyl groups excluding tert-OH is 1. The fourth-order valence-electron chi connectivity index (χ4n) is 5.08. The normalized spacial score (nSPS) is 21.0. The first kappa shape index (κ1) is 38.5. The number of benzene rings is 2. The van der Waals surface area contributed by atoms with Gasteiger partial charge in [0.1, 0.15) is 5.75 Å². The van der Waals surface area contributed by atoms with Crippen LogP contribution >= 0.6 is 11.6 Å². The second-order valence-corrected chi connectivity index (χ2v) is 14.4. The highest BCUT2D eigenvalue weighted by atomic mass is 35.5. The van der Waals surface area contributed by atoms with E-state index in [9.17, 15) is 36.3 Å². The Morgan fingerprint density at radius 2 is 1.85 bits per heavy atom. The zero-order valence-electron chi connectivity index (χ0n) is 26.9. The third-order valence-electron chi connectivity index (χ3n) is 7.93. The first-order valence-electron chi connectivity index (χ1n) is 15.4. The van der Waals surface area contributed by atoms with Crippen LogP contribution in [0.4, 0.5) is 18.9 Å². The molecule has 0 bridgehead atoms. The number of ether oxygens (including phenoxy) is 2. The van der Waals surface area contributed by atoms with Gasteiger partial charge in [0, 0.05) is 49.8 Å². The minimum atomic E-state index is -4.50. The molecule has 10 nitrogen and oxygen atoms in total. The molecule has 2 N–H and O–H groups in total. The molecule has 0 radical (unpaired) electrons. The predicted molar refractivity (Wildman–Crippen MR) is 172 cm³/mol. The molecule has 3 rings (SSSR count). The highest BCUT2D eigenvalue weighted by Crippen LogP contribution is 2.29. The van der Waals surface area contributed by atoms with E-state index in [1.54, 1.807) is 6.92 Å². The molecule has 0 unspecified atom stereocenters. The zero-order valence-corrected chi connectivity index (χ0v) is 28.5. The fourth-order valence-corrected chi connectivity index (χ4v) is 6.39. The van der Waals surface area contributed by atoms with Crippen molar-refractivity contribution in [1.29, 1.82) is 0 Å². The standard InChI is InChI=1S/C32H43ClF3N3O7S/c1-21-18-39(22(2)20-40)31(42)27-17-25(37-30(41)14-15-32(34,35)36)10-13-28(27)46-23(3)7-5-6-16-45-29(21)19-38(4)47(43,44)26-11-8-24(33)9-12-26/h8-13,17,21-23,29,40H,5-7,14-16,18-20H2,1-4H3,(H,37,41)/t21-,22+,23+,29+/m1/s1. The van der Waals surface area contributed by atoms with E-state index >= 15 is 0 Å². The molecule has 0 fully saturated rings. The molecule has 2 amide bonds. The quantitative estimate of drug-likeness (QED) is 0.341. The number of carbonyl (C=O) groups excluding carboxylic acids is 2. The Labute approximate surface area is 279 Å². The van der Waals surface area contributed by atoms with Crippen LogP contribution in [-0.2, 0) is 19.6 Å². The van der Waals surface area contributed by atoms with Crippen LogP contribution in [0.25, 0.3) is 0 Å². The summed E-state index contributed by atoms with van der Waals surface area (Å²) >= 11 is 5.94. The maximum absolute atomic E-state index is 14.2. The monoisotopic (exact) mass is 705 g/mol. The van der Waals surface area contributed by atoms with Crippen molar-refractivity contribution in [1.82, 2.24) is 9.21 Å². The number of carbonyl (C=O) groups is 2. The SMILES string of the molecule is C[C@@H]1CN([C@@H](C)CO)C(=O)c2cc(NC(=O)CCC(F)(F)F)ccc2O[C@@H](C)CCCCO[C@H]1CN(C)S(=O)(=O)c1ccc(Cl)cc1. The van der Waals surface area contributed by atoms with E-state index < -0.39 is 65.5 Å². The average Bonchev–Trinajstić information content (AvgIpc) is 3.01. The molecule has 2 aromatic carbocycles. The van der Waals surface area contributed by atoms with Gasteiger partial charge in [-0.25, -0.2) is 8.42 Å². The molecular weight excluding hydrogens is 663 g/mol. The number of sulfonamides is 1. The maximum Gasteiger partial charge on any atom is 0.389 e. The molecule has 1 aliphatic heterocycles. The number of nitrogens with one attached hydrogen (secondary N) is 1. The molecule has 0 spiro atoms. The lowest BCUT2D eigenvalue weighted by molar-refractivity contribution is -0.142. The summed E-state index contributed by atoms with van der Waals surface area (Å²) in [5.41, 5.74) is 0.163. The van der Waals surface area contributed by atoms with Crippen LogP contribution in [-0.4, -0.2) is 92.3 Å². The van der Waals surface area contributed by atoms with Gasteiger partial charge in [0.15, 0.2) is 0 Å². The molecule has 1 aliphatic rings. The van der Waals surface area contributed by atoms with E-state index in [2.05, 4.69) is 5.32 Å². The summed E-state index contributed by atoms with van der Waals surface area (Å²) < 4.78 is 78.2. The van der Waals surface area contributed by atoms with Crippen LogP contribution in [0.5, 0.6) is 5.75 Å². The van der Waals surface area contributed by atoms with E-state index in [1.165, 1.54) is 58.7 Å². The number of amides is 2. The van der Waals surface area contributed by atoms with Crippen LogP contribution in [0.15, 0.2) is 47.4 Å². The third-order valence-corrected chi connectivity index (χ3v) is 10.0. The Morgan fingerprint density at radius 3 is 2.49 bits per heavy atom. The Hall–Kier alpha value is -2.91. The van der Waals surface area contributed by atoms with Crippen molar-refractivity contribution < 1.29 is 45.8 Å². The van der Waals surface area contributed by atoms with Crippen LogP contribution in [0.3, 0.4) is 0 Å². The van der Waals surface area contributed by atoms with E-state index in [-0.39, 0.29) is 41.1 Å². The molecule has 0 aliphatic carbocycles. The molecule has 4 atom stereocenters. The highest BCUT2D eigenvalue weighted by Gasteiger charge is 2.33. The van der Waals surface area contributed by atoms with E-state index in [4.69, 9.17) is 21.1 Å². The topological polar surface area (TPSA) is 125 Å². The maximum atomic E-state index is 14.2. The summed E-state index contributed by atoms with van der Waals surface area (Å²) in [6, 6.07) is 9.43. The Bertz CT molecular complexity index is 1460. The number of alkyl halides is 3. The van der Waals surface area contributed by atoms with Crippen molar-refractivity contribution >= 4 is 39.1 Å². The minimum absolute atomic E-state index is 0.0220. The Kier molecular flexibility index (Phi) is 13.9. The summed E-state index contributed by atoms with van der Waals surface area (Å²) in [5.74, 6) is -1.62. The summed E-state index contributed by atoms with van der Waals surface area (Å²) in [5, 5.41) is 12.9. The van der Waals surface area contributed by atoms with Gasteiger partial charge < -0.3 is 24.8 Å². The lowest BCUT2D eigenvalue weighted by Gasteiger charge is -2.35. The van der Waals surface area contributed by atoms with Gasteiger partial charge >= 0.3 is 6.18 Å². The van der Waals surface area contributed by atoms with E-state index in [0.29, 0.717) is 30.9 Å². The summed E-state index contributed by atoms with van der Waals surface area (Å²) in [4.78, 5) is 27.9. The number of fused-ring (bicyclic) bond motifs is 1. The first-order chi connectivity index (χ1) is 22.0. The molecule has 262 valence electrons. The lowest BCUT2D eigenvalue weighted by Crippen LogP contribution is -2.48. The number of hydrogen-bond acceptors (Lipinski definition) is 7.